The van der Waals surface area contributed by atoms with Crippen molar-refractivity contribution >= 4 is 74.8 Å². The Balaban J connectivity index is 1.10. The van der Waals surface area contributed by atoms with Crippen LogP contribution in [-0.4, -0.2) is 113 Å². The standard InChI is InChI=1S/C45H57N13O4S2/c1-6-33-40(64-28(4)49-33)43(61)52-45-51-34-22-29(41(46)59)24-36(62-20-10-13-54-16-18-55(19-17-54)31-11-12-31)38(34)56(45)14-8-9-15-57-39-35(23-30(42(47)60)25-37(39)63-5)50-44(57)48-26-32-21-27(3)53-58(32)7-2/h8-9,21-25,31H,6-7,10-20,26H2,1-5H3,(H2,46,59)(H2,47,60)(H,48,50)(H,51,52,61)/b9-8+. The fourth-order valence-corrected chi connectivity index (χ4v) is 10.0. The van der Waals surface area contributed by atoms with Gasteiger partial charge in [0.15, 0.2) is 0 Å². The lowest BCUT2D eigenvalue weighted by Gasteiger charge is -2.34. The number of aromatic nitrogens is 7. The summed E-state index contributed by atoms with van der Waals surface area (Å²) in [6, 6.07) is 9.66. The monoisotopic (exact) mass is 907 g/mol. The molecule has 0 bridgehead atoms. The van der Waals surface area contributed by atoms with E-state index in [4.69, 9.17) is 26.2 Å². The number of aryl methyl sites for hydroxylation is 4. The summed E-state index contributed by atoms with van der Waals surface area (Å²) in [5.41, 5.74) is 17.5. The lowest BCUT2D eigenvalue weighted by atomic mass is 10.1. The first-order valence-corrected chi connectivity index (χ1v) is 24.0. The number of primary amides is 2. The van der Waals surface area contributed by atoms with Gasteiger partial charge in [-0.25, -0.2) is 15.0 Å². The summed E-state index contributed by atoms with van der Waals surface area (Å²) in [6.07, 6.45) is 10.0. The van der Waals surface area contributed by atoms with E-state index in [1.807, 2.05) is 54.5 Å². The zero-order chi connectivity index (χ0) is 45.1. The number of thiazole rings is 1. The van der Waals surface area contributed by atoms with Crippen LogP contribution in [0.15, 0.2) is 47.4 Å². The maximum absolute atomic E-state index is 13.9. The molecule has 3 amide bonds. The average molecular weight is 908 g/mol. The molecule has 1 aliphatic heterocycles. The highest BCUT2D eigenvalue weighted by molar-refractivity contribution is 7.98. The highest BCUT2D eigenvalue weighted by Gasteiger charge is 2.31. The lowest BCUT2D eigenvalue weighted by molar-refractivity contribution is 0.0991. The first kappa shape index (κ1) is 44.8. The number of piperazine rings is 1. The highest BCUT2D eigenvalue weighted by atomic mass is 32.2. The SMILES string of the molecule is CCc1nc(C)sc1C(=O)Nc1nc2cc(C(N)=O)cc(OCCCN3CCN(C4CC4)CC3)c2n1C/C=C/Cn1c(NCc2cc(C)nn2CC)nc2cc(C(N)=O)cc(SC)c21. The van der Waals surface area contributed by atoms with Crippen molar-refractivity contribution in [2.75, 3.05) is 56.2 Å². The summed E-state index contributed by atoms with van der Waals surface area (Å²) in [5, 5.41) is 12.0. The third-order valence-corrected chi connectivity index (χ3v) is 13.5. The Morgan fingerprint density at radius 1 is 0.891 bits per heavy atom. The highest BCUT2D eigenvalue weighted by Crippen LogP contribution is 2.34. The molecule has 17 nitrogen and oxygen atoms in total. The summed E-state index contributed by atoms with van der Waals surface area (Å²) in [7, 11) is 0. The second-order valence-corrected chi connectivity index (χ2v) is 18.3. The number of thioether (sulfide) groups is 1. The summed E-state index contributed by atoms with van der Waals surface area (Å²) in [4.78, 5) is 59.8. The Hall–Kier alpha value is -5.76. The van der Waals surface area contributed by atoms with Crippen molar-refractivity contribution < 1.29 is 19.1 Å². The van der Waals surface area contributed by atoms with Crippen LogP contribution in [0.1, 0.15) is 85.6 Å². The molecule has 6 N–H and O–H groups in total. The number of nitrogens with zero attached hydrogens (tertiary/aromatic N) is 9. The Bertz CT molecular complexity index is 2720. The summed E-state index contributed by atoms with van der Waals surface area (Å²) < 4.78 is 12.4. The molecule has 0 spiro atoms. The number of hydrogen-bond acceptors (Lipinski definition) is 13. The van der Waals surface area contributed by atoms with Crippen LogP contribution < -0.4 is 26.8 Å². The van der Waals surface area contributed by atoms with Crippen molar-refractivity contribution in [3.63, 3.8) is 0 Å². The minimum Gasteiger partial charge on any atom is -0.491 e. The van der Waals surface area contributed by atoms with Crippen LogP contribution in [0.2, 0.25) is 0 Å². The molecule has 5 heterocycles. The number of nitrogens with one attached hydrogen (secondary N) is 2. The number of benzene rings is 2. The fraction of sp³-hybridized carbons (Fsp3) is 0.444. The first-order chi connectivity index (χ1) is 30.9. The van der Waals surface area contributed by atoms with Gasteiger partial charge in [-0.1, -0.05) is 19.1 Å². The number of imidazole rings is 2. The molecule has 1 saturated heterocycles. The van der Waals surface area contributed by atoms with Gasteiger partial charge in [0.1, 0.15) is 16.1 Å². The van der Waals surface area contributed by atoms with Gasteiger partial charge in [-0.3, -0.25) is 29.3 Å². The van der Waals surface area contributed by atoms with E-state index in [9.17, 15) is 14.4 Å². The number of fused-ring (bicyclic) bond motifs is 2. The predicted octanol–water partition coefficient (Wildman–Crippen LogP) is 5.83. The molecule has 4 aromatic heterocycles. The van der Waals surface area contributed by atoms with E-state index < -0.39 is 11.8 Å². The molecule has 19 heteroatoms. The zero-order valence-electron chi connectivity index (χ0n) is 37.1. The smallest absolute Gasteiger partial charge is 0.269 e. The van der Waals surface area contributed by atoms with Crippen LogP contribution in [0.4, 0.5) is 11.9 Å². The summed E-state index contributed by atoms with van der Waals surface area (Å²) >= 11 is 2.85. The van der Waals surface area contributed by atoms with Gasteiger partial charge in [-0.05, 0) is 83.0 Å². The van der Waals surface area contributed by atoms with E-state index in [0.717, 1.165) is 84.2 Å². The zero-order valence-corrected chi connectivity index (χ0v) is 38.8. The molecule has 1 saturated carbocycles. The van der Waals surface area contributed by atoms with E-state index in [1.54, 1.807) is 24.3 Å². The number of carbonyl (C=O) groups excluding carboxylic acids is 3. The molecular formula is C45H57N13O4S2. The molecule has 1 aliphatic carbocycles. The molecule has 64 heavy (non-hydrogen) atoms. The van der Waals surface area contributed by atoms with Gasteiger partial charge in [0, 0.05) is 74.4 Å². The minimum absolute atomic E-state index is 0.261. The molecule has 0 atom stereocenters. The number of anilines is 2. The van der Waals surface area contributed by atoms with Gasteiger partial charge in [-0.2, -0.15) is 5.10 Å². The van der Waals surface area contributed by atoms with Crippen LogP contribution in [0, 0.1) is 13.8 Å². The molecule has 6 aromatic rings. The molecule has 0 unspecified atom stereocenters. The summed E-state index contributed by atoms with van der Waals surface area (Å²) in [6.45, 7) is 15.4. The molecule has 338 valence electrons. The van der Waals surface area contributed by atoms with Gasteiger partial charge in [-0.15, -0.1) is 23.1 Å². The van der Waals surface area contributed by atoms with Crippen LogP contribution >= 0.6 is 23.1 Å². The first-order valence-electron chi connectivity index (χ1n) is 22.0. The predicted molar refractivity (Wildman–Crippen MR) is 253 cm³/mol. The van der Waals surface area contributed by atoms with Crippen molar-refractivity contribution in [2.24, 2.45) is 11.5 Å². The van der Waals surface area contributed by atoms with Crippen LogP contribution in [0.3, 0.4) is 0 Å². The fourth-order valence-electron chi connectivity index (χ4n) is 8.45. The Morgan fingerprint density at radius 3 is 2.22 bits per heavy atom. The largest absolute Gasteiger partial charge is 0.491 e. The second-order valence-electron chi connectivity index (χ2n) is 16.3. The van der Waals surface area contributed by atoms with E-state index in [1.165, 1.54) is 35.9 Å². The van der Waals surface area contributed by atoms with E-state index in [0.29, 0.717) is 70.8 Å². The Morgan fingerprint density at radius 2 is 1.56 bits per heavy atom. The van der Waals surface area contributed by atoms with E-state index >= 15 is 0 Å². The Labute approximate surface area is 380 Å². The quantitative estimate of drug-likeness (QED) is 0.0406. The number of amides is 3. The average Bonchev–Trinajstić information content (AvgIpc) is 3.64. The van der Waals surface area contributed by atoms with Crippen molar-refractivity contribution in [3.05, 3.63) is 80.6 Å². The topological polar surface area (TPSA) is 209 Å². The van der Waals surface area contributed by atoms with Crippen molar-refractivity contribution in [2.45, 2.75) is 90.5 Å². The van der Waals surface area contributed by atoms with Gasteiger partial charge in [0.2, 0.25) is 23.7 Å². The van der Waals surface area contributed by atoms with Crippen LogP contribution in [0.25, 0.3) is 22.1 Å². The minimum atomic E-state index is -0.605. The number of nitrogens with two attached hydrogens (primary N) is 2. The normalized spacial score (nSPS) is 14.9. The number of rotatable bonds is 20. The number of ether oxygens (including phenoxy) is 1. The van der Waals surface area contributed by atoms with Crippen molar-refractivity contribution in [1.82, 2.24) is 43.7 Å². The van der Waals surface area contributed by atoms with Crippen molar-refractivity contribution in [1.29, 1.82) is 0 Å². The van der Waals surface area contributed by atoms with Gasteiger partial charge in [0.05, 0.1) is 51.8 Å². The maximum atomic E-state index is 13.9. The van der Waals surface area contributed by atoms with E-state index in [-0.39, 0.29) is 18.0 Å². The molecule has 8 rings (SSSR count). The van der Waals surface area contributed by atoms with Crippen LogP contribution in [0.5, 0.6) is 5.75 Å². The summed E-state index contributed by atoms with van der Waals surface area (Å²) in [5.74, 6) is -0.0827. The maximum Gasteiger partial charge on any atom is 0.269 e. The third-order valence-electron chi connectivity index (χ3n) is 11.8. The lowest BCUT2D eigenvalue weighted by Crippen LogP contribution is -2.47. The molecular weight excluding hydrogens is 851 g/mol. The van der Waals surface area contributed by atoms with Gasteiger partial charge in [0.25, 0.3) is 5.91 Å². The molecule has 2 fully saturated rings. The second kappa shape index (κ2) is 19.5. The molecule has 2 aliphatic rings. The third kappa shape index (κ3) is 9.81. The van der Waals surface area contributed by atoms with E-state index in [2.05, 4.69) is 42.0 Å². The number of hydrogen-bond donors (Lipinski definition) is 4. The Kier molecular flexibility index (Phi) is 13.7. The van der Waals surface area contributed by atoms with Crippen LogP contribution in [-0.2, 0) is 32.6 Å². The van der Waals surface area contributed by atoms with Gasteiger partial charge < -0.3 is 35.6 Å². The molecule has 0 radical (unpaired) electrons. The van der Waals surface area contributed by atoms with Gasteiger partial charge >= 0.3 is 0 Å². The number of allylic oxidation sites excluding steroid dienone is 2. The number of carbonyl (C=O) groups is 3. The van der Waals surface area contributed by atoms with Crippen molar-refractivity contribution in [3.8, 4) is 5.75 Å². The molecule has 2 aromatic carbocycles.